The molecule has 0 amide bonds. The first-order valence-electron chi connectivity index (χ1n) is 7.48. The molecule has 5 rings (SSSR count). The van der Waals surface area contributed by atoms with E-state index in [1.54, 1.807) is 6.33 Å². The topological polar surface area (TPSA) is 64.3 Å². The third-order valence-corrected chi connectivity index (χ3v) is 4.13. The van der Waals surface area contributed by atoms with E-state index in [1.807, 2.05) is 46.9 Å². The van der Waals surface area contributed by atoms with Gasteiger partial charge in [-0.2, -0.15) is 0 Å². The highest BCUT2D eigenvalue weighted by molar-refractivity contribution is 5.83. The summed E-state index contributed by atoms with van der Waals surface area (Å²) >= 11 is 0. The molecule has 4 aromatic rings. The molecule has 0 saturated heterocycles. The minimum Gasteiger partial charge on any atom is -0.480 e. The standard InChI is InChI=1S/C17H13N5O/c1-3-7-13-11(5-1)16(20-17-21-19-10-22(13)17)15-9-18-12-6-2-4-8-14(12)23-15/h1-8,10,15,18H,9H2. The number of ether oxygens (including phenoxy) is 1. The van der Waals surface area contributed by atoms with Gasteiger partial charge in [-0.25, -0.2) is 4.98 Å². The van der Waals surface area contributed by atoms with E-state index in [9.17, 15) is 0 Å². The average molecular weight is 303 g/mol. The zero-order valence-electron chi connectivity index (χ0n) is 12.2. The number of aromatic nitrogens is 4. The van der Waals surface area contributed by atoms with Crippen LogP contribution in [0, 0.1) is 0 Å². The summed E-state index contributed by atoms with van der Waals surface area (Å²) in [5.41, 5.74) is 2.92. The number of fused-ring (bicyclic) bond motifs is 4. The second-order valence-corrected chi connectivity index (χ2v) is 5.50. The van der Waals surface area contributed by atoms with E-state index in [2.05, 4.69) is 26.6 Å². The summed E-state index contributed by atoms with van der Waals surface area (Å²) in [4.78, 5) is 4.68. The van der Waals surface area contributed by atoms with Crippen LogP contribution in [0.2, 0.25) is 0 Å². The lowest BCUT2D eigenvalue weighted by Gasteiger charge is -2.27. The maximum Gasteiger partial charge on any atom is 0.255 e. The number of hydrogen-bond acceptors (Lipinski definition) is 5. The number of rotatable bonds is 1. The zero-order valence-corrected chi connectivity index (χ0v) is 12.2. The van der Waals surface area contributed by atoms with Crippen molar-refractivity contribution < 1.29 is 4.74 Å². The van der Waals surface area contributed by atoms with Crippen molar-refractivity contribution in [2.45, 2.75) is 6.10 Å². The van der Waals surface area contributed by atoms with Gasteiger partial charge in [0.1, 0.15) is 12.1 Å². The van der Waals surface area contributed by atoms with Gasteiger partial charge in [0.15, 0.2) is 6.10 Å². The van der Waals surface area contributed by atoms with E-state index in [-0.39, 0.29) is 6.10 Å². The predicted molar refractivity (Wildman–Crippen MR) is 86.6 cm³/mol. The van der Waals surface area contributed by atoms with Gasteiger partial charge >= 0.3 is 0 Å². The second kappa shape index (κ2) is 4.67. The lowest BCUT2D eigenvalue weighted by molar-refractivity contribution is 0.207. The Morgan fingerprint density at radius 1 is 1.09 bits per heavy atom. The van der Waals surface area contributed by atoms with Crippen LogP contribution in [0.5, 0.6) is 5.75 Å². The molecule has 0 bridgehead atoms. The maximum absolute atomic E-state index is 6.17. The molecule has 0 fully saturated rings. The van der Waals surface area contributed by atoms with Gasteiger partial charge in [0.05, 0.1) is 23.4 Å². The highest BCUT2D eigenvalue weighted by atomic mass is 16.5. The number of nitrogens with zero attached hydrogens (tertiary/aromatic N) is 4. The molecule has 2 aromatic heterocycles. The van der Waals surface area contributed by atoms with Gasteiger partial charge in [-0.05, 0) is 18.2 Å². The van der Waals surface area contributed by atoms with Crippen molar-refractivity contribution in [2.24, 2.45) is 0 Å². The Balaban J connectivity index is 1.70. The van der Waals surface area contributed by atoms with Crippen molar-refractivity contribution in [1.82, 2.24) is 19.6 Å². The Hall–Kier alpha value is -3.15. The van der Waals surface area contributed by atoms with Crippen molar-refractivity contribution in [3.05, 3.63) is 60.6 Å². The molecule has 1 aliphatic heterocycles. The SMILES string of the molecule is c1ccc2c(c1)NCC(c1nc3nncn3c3ccccc13)O2. The van der Waals surface area contributed by atoms with Crippen molar-refractivity contribution in [2.75, 3.05) is 11.9 Å². The molecule has 1 N–H and O–H groups in total. The highest BCUT2D eigenvalue weighted by Gasteiger charge is 2.24. The fourth-order valence-electron chi connectivity index (χ4n) is 3.05. The summed E-state index contributed by atoms with van der Waals surface area (Å²) in [5, 5.41) is 12.5. The Bertz CT molecular complexity index is 1030. The van der Waals surface area contributed by atoms with Crippen LogP contribution < -0.4 is 10.1 Å². The normalized spacial score (nSPS) is 16.8. The quantitative estimate of drug-likeness (QED) is 0.586. The number of hydrogen-bond donors (Lipinski definition) is 1. The summed E-state index contributed by atoms with van der Waals surface area (Å²) in [7, 11) is 0. The lowest BCUT2D eigenvalue weighted by atomic mass is 10.1. The molecule has 6 nitrogen and oxygen atoms in total. The number of anilines is 1. The molecule has 0 spiro atoms. The number of nitrogens with one attached hydrogen (secondary N) is 1. The molecule has 1 atom stereocenters. The molecule has 0 saturated carbocycles. The average Bonchev–Trinajstić information content (AvgIpc) is 3.09. The molecule has 6 heteroatoms. The second-order valence-electron chi connectivity index (χ2n) is 5.50. The van der Waals surface area contributed by atoms with E-state index < -0.39 is 0 Å². The third kappa shape index (κ3) is 1.85. The molecule has 23 heavy (non-hydrogen) atoms. The molecular formula is C17H13N5O. The smallest absolute Gasteiger partial charge is 0.255 e. The molecule has 1 aliphatic rings. The first kappa shape index (κ1) is 12.4. The zero-order chi connectivity index (χ0) is 15.2. The Morgan fingerprint density at radius 2 is 1.96 bits per heavy atom. The Labute approximate surface area is 131 Å². The summed E-state index contributed by atoms with van der Waals surface area (Å²) in [6.07, 6.45) is 1.51. The van der Waals surface area contributed by atoms with Gasteiger partial charge in [0, 0.05) is 5.39 Å². The molecule has 2 aromatic carbocycles. The molecule has 0 aliphatic carbocycles. The van der Waals surface area contributed by atoms with E-state index in [0.29, 0.717) is 12.3 Å². The minimum absolute atomic E-state index is 0.170. The van der Waals surface area contributed by atoms with Crippen LogP contribution in [0.4, 0.5) is 5.69 Å². The van der Waals surface area contributed by atoms with Crippen LogP contribution in [-0.4, -0.2) is 26.1 Å². The molecule has 112 valence electrons. The lowest BCUT2D eigenvalue weighted by Crippen LogP contribution is -2.25. The van der Waals surface area contributed by atoms with Crippen LogP contribution in [0.3, 0.4) is 0 Å². The first-order chi connectivity index (χ1) is 11.4. The largest absolute Gasteiger partial charge is 0.480 e. The first-order valence-corrected chi connectivity index (χ1v) is 7.48. The van der Waals surface area contributed by atoms with E-state index in [4.69, 9.17) is 4.74 Å². The van der Waals surface area contributed by atoms with Crippen LogP contribution in [0.25, 0.3) is 16.7 Å². The fraction of sp³-hybridized carbons (Fsp3) is 0.118. The van der Waals surface area contributed by atoms with Crippen LogP contribution in [0.1, 0.15) is 11.8 Å². The molecule has 3 heterocycles. The molecule has 1 unspecified atom stereocenters. The van der Waals surface area contributed by atoms with Crippen molar-refractivity contribution >= 4 is 22.4 Å². The van der Waals surface area contributed by atoms with E-state index in [1.165, 1.54) is 0 Å². The molecular weight excluding hydrogens is 290 g/mol. The van der Waals surface area contributed by atoms with Crippen molar-refractivity contribution in [3.8, 4) is 5.75 Å². The third-order valence-electron chi connectivity index (χ3n) is 4.13. The van der Waals surface area contributed by atoms with Gasteiger partial charge in [-0.3, -0.25) is 4.40 Å². The summed E-state index contributed by atoms with van der Waals surface area (Å²) in [5.74, 6) is 1.43. The Morgan fingerprint density at radius 3 is 2.96 bits per heavy atom. The minimum atomic E-state index is -0.170. The number of para-hydroxylation sites is 3. The molecule has 0 radical (unpaired) electrons. The van der Waals surface area contributed by atoms with Gasteiger partial charge in [0.2, 0.25) is 0 Å². The van der Waals surface area contributed by atoms with Crippen LogP contribution in [-0.2, 0) is 0 Å². The monoisotopic (exact) mass is 303 g/mol. The van der Waals surface area contributed by atoms with Crippen LogP contribution >= 0.6 is 0 Å². The van der Waals surface area contributed by atoms with Gasteiger partial charge in [0.25, 0.3) is 5.78 Å². The van der Waals surface area contributed by atoms with Crippen molar-refractivity contribution in [3.63, 3.8) is 0 Å². The summed E-state index contributed by atoms with van der Waals surface area (Å²) in [6, 6.07) is 16.0. The number of benzene rings is 2. The van der Waals surface area contributed by atoms with E-state index in [0.717, 1.165) is 28.0 Å². The highest BCUT2D eigenvalue weighted by Crippen LogP contribution is 2.35. The summed E-state index contributed by atoms with van der Waals surface area (Å²) < 4.78 is 8.06. The van der Waals surface area contributed by atoms with Gasteiger partial charge in [-0.15, -0.1) is 10.2 Å². The van der Waals surface area contributed by atoms with Crippen molar-refractivity contribution in [1.29, 1.82) is 0 Å². The van der Waals surface area contributed by atoms with E-state index >= 15 is 0 Å². The predicted octanol–water partition coefficient (Wildman–Crippen LogP) is 2.82. The summed E-state index contributed by atoms with van der Waals surface area (Å²) in [6.45, 7) is 0.665. The fourth-order valence-corrected chi connectivity index (χ4v) is 3.05. The van der Waals surface area contributed by atoms with Crippen LogP contribution in [0.15, 0.2) is 54.9 Å². The van der Waals surface area contributed by atoms with Gasteiger partial charge < -0.3 is 10.1 Å². The maximum atomic E-state index is 6.17. The Kier molecular flexibility index (Phi) is 2.52. The van der Waals surface area contributed by atoms with Gasteiger partial charge in [-0.1, -0.05) is 30.3 Å².